The summed E-state index contributed by atoms with van der Waals surface area (Å²) >= 11 is 6.62. The van der Waals surface area contributed by atoms with E-state index in [0.717, 1.165) is 10.7 Å². The zero-order valence-corrected chi connectivity index (χ0v) is 7.68. The maximum absolute atomic E-state index is 5.00. The van der Waals surface area contributed by atoms with Crippen molar-refractivity contribution in [1.29, 1.82) is 0 Å². The van der Waals surface area contributed by atoms with E-state index in [4.69, 9.17) is 12.2 Å². The molecule has 0 aromatic heterocycles. The number of rotatable bonds is 2. The molecule has 0 heterocycles. The summed E-state index contributed by atoms with van der Waals surface area (Å²) in [5, 5.41) is 0. The van der Waals surface area contributed by atoms with E-state index >= 15 is 0 Å². The average molecular weight is 162 g/mol. The summed E-state index contributed by atoms with van der Waals surface area (Å²) in [4.78, 5) is 1.94. The van der Waals surface area contributed by atoms with Crippen molar-refractivity contribution in [2.45, 2.75) is 13.3 Å². The molecule has 1 radical (unpaired) electrons. The lowest BCUT2D eigenvalue weighted by atomic mass is 10.6. The second kappa shape index (κ2) is 5.06. The van der Waals surface area contributed by atoms with E-state index < -0.39 is 0 Å². The molecule has 0 N–H and O–H groups in total. The third-order valence-corrected chi connectivity index (χ3v) is 2.44. The molecule has 0 spiro atoms. The Morgan fingerprint density at radius 3 is 2.56 bits per heavy atom. The van der Waals surface area contributed by atoms with Crippen LogP contribution in [-0.2, 0) is 0 Å². The number of thiocarbonyl (C=S) groups is 1. The largest absolute Gasteiger partial charge is 0.364 e. The first kappa shape index (κ1) is 9.24. The van der Waals surface area contributed by atoms with Gasteiger partial charge in [-0.15, -0.1) is 0 Å². The Kier molecular flexibility index (Phi) is 5.19. The van der Waals surface area contributed by atoms with Gasteiger partial charge in [0, 0.05) is 19.8 Å². The zero-order chi connectivity index (χ0) is 7.28. The minimum Gasteiger partial charge on any atom is -0.364 e. The van der Waals surface area contributed by atoms with Crippen LogP contribution in [0.3, 0.4) is 0 Å². The van der Waals surface area contributed by atoms with E-state index in [9.17, 15) is 0 Å². The lowest BCUT2D eigenvalue weighted by Crippen LogP contribution is -2.15. The van der Waals surface area contributed by atoms with Crippen molar-refractivity contribution in [3.8, 4) is 0 Å². The zero-order valence-electron chi connectivity index (χ0n) is 6.05. The topological polar surface area (TPSA) is 3.24 Å². The van der Waals surface area contributed by atoms with Crippen LogP contribution >= 0.6 is 24.0 Å². The number of hydrogen-bond acceptors (Lipinski definition) is 2. The van der Waals surface area contributed by atoms with Crippen LogP contribution in [0.1, 0.15) is 13.3 Å². The van der Waals surface area contributed by atoms with Gasteiger partial charge < -0.3 is 4.90 Å². The van der Waals surface area contributed by atoms with Crippen LogP contribution in [0.2, 0.25) is 0 Å². The molecule has 0 atom stereocenters. The van der Waals surface area contributed by atoms with Gasteiger partial charge in [-0.25, -0.2) is 0 Å². The summed E-state index contributed by atoms with van der Waals surface area (Å²) in [6.07, 6.45) is 1.07. The van der Waals surface area contributed by atoms with Gasteiger partial charge in [-0.3, -0.25) is 0 Å². The van der Waals surface area contributed by atoms with Gasteiger partial charge in [0.1, 0.15) is 4.32 Å². The molecule has 0 rings (SSSR count). The lowest BCUT2D eigenvalue weighted by molar-refractivity contribution is 0.648. The Bertz CT molecular complexity index is 91.1. The third-order valence-electron chi connectivity index (χ3n) is 0.716. The van der Waals surface area contributed by atoms with Crippen molar-refractivity contribution >= 4 is 28.3 Å². The molecule has 0 aliphatic rings. The number of hydrogen-bond donors (Lipinski definition) is 0. The quantitative estimate of drug-likeness (QED) is 0.573. The smallest absolute Gasteiger partial charge is 0.136 e. The predicted octanol–water partition coefficient (Wildman–Crippen LogP) is 2.14. The molecule has 0 fully saturated rings. The molecule has 0 unspecified atom stereocenters. The fourth-order valence-electron chi connectivity index (χ4n) is 0.260. The molecule has 0 amide bonds. The molecule has 3 heteroatoms. The van der Waals surface area contributed by atoms with E-state index in [-0.39, 0.29) is 0 Å². The highest BCUT2D eigenvalue weighted by molar-refractivity contribution is 8.24. The Balaban J connectivity index is 3.28. The highest BCUT2D eigenvalue weighted by Gasteiger charge is 1.96. The molecule has 0 bridgehead atoms. The molecule has 9 heavy (non-hydrogen) atoms. The maximum atomic E-state index is 5.00. The fraction of sp³-hybridized carbons (Fsp3) is 0.667. The minimum atomic E-state index is 0.928. The van der Waals surface area contributed by atoms with Gasteiger partial charge in [0.05, 0.1) is 0 Å². The minimum absolute atomic E-state index is 0.928. The van der Waals surface area contributed by atoms with Crippen LogP contribution in [0.5, 0.6) is 0 Å². The van der Waals surface area contributed by atoms with Gasteiger partial charge in [0.2, 0.25) is 0 Å². The van der Waals surface area contributed by atoms with Gasteiger partial charge in [0.25, 0.3) is 0 Å². The molecular formula is C6H12NS2. The van der Waals surface area contributed by atoms with Crippen LogP contribution in [0.4, 0.5) is 0 Å². The second-order valence-electron chi connectivity index (χ2n) is 1.85. The van der Waals surface area contributed by atoms with Crippen molar-refractivity contribution in [1.82, 2.24) is 4.90 Å². The Morgan fingerprint density at radius 2 is 2.22 bits per heavy atom. The van der Waals surface area contributed by atoms with Gasteiger partial charge in [0.15, 0.2) is 0 Å². The fourth-order valence-corrected chi connectivity index (χ4v) is 0.984. The summed E-state index contributed by atoms with van der Waals surface area (Å²) in [7, 11) is 3.91. The molecule has 0 aliphatic carbocycles. The Labute approximate surface area is 66.8 Å². The highest BCUT2D eigenvalue weighted by Crippen LogP contribution is 2.11. The van der Waals surface area contributed by atoms with Crippen molar-refractivity contribution in [2.24, 2.45) is 0 Å². The summed E-state index contributed by atoms with van der Waals surface area (Å²) in [6, 6.07) is 0. The van der Waals surface area contributed by atoms with Gasteiger partial charge in [-0.05, 0) is 6.42 Å². The SMILES string of the molecule is CC[CH]SC(=S)N(C)C. The Hall–Kier alpha value is 0.240. The second-order valence-corrected chi connectivity index (χ2v) is 3.45. The molecule has 0 aliphatic heterocycles. The maximum Gasteiger partial charge on any atom is 0.136 e. The van der Waals surface area contributed by atoms with Crippen molar-refractivity contribution in [3.05, 3.63) is 5.75 Å². The third kappa shape index (κ3) is 4.73. The van der Waals surface area contributed by atoms with E-state index in [1.165, 1.54) is 0 Å². The first-order valence-corrected chi connectivity index (χ1v) is 4.17. The predicted molar refractivity (Wildman–Crippen MR) is 48.5 cm³/mol. The Morgan fingerprint density at radius 1 is 1.67 bits per heavy atom. The van der Waals surface area contributed by atoms with E-state index in [1.54, 1.807) is 11.8 Å². The van der Waals surface area contributed by atoms with Crippen LogP contribution < -0.4 is 0 Å². The monoisotopic (exact) mass is 162 g/mol. The molecule has 0 aromatic rings. The van der Waals surface area contributed by atoms with Gasteiger partial charge >= 0.3 is 0 Å². The molecule has 0 saturated heterocycles. The van der Waals surface area contributed by atoms with E-state index in [0.29, 0.717) is 0 Å². The summed E-state index contributed by atoms with van der Waals surface area (Å²) in [6.45, 7) is 2.10. The molecule has 53 valence electrons. The summed E-state index contributed by atoms with van der Waals surface area (Å²) in [5.41, 5.74) is 0. The summed E-state index contributed by atoms with van der Waals surface area (Å²) < 4.78 is 0.928. The highest BCUT2D eigenvalue weighted by atomic mass is 32.2. The lowest BCUT2D eigenvalue weighted by Gasteiger charge is -2.11. The van der Waals surface area contributed by atoms with Crippen LogP contribution in [0.15, 0.2) is 0 Å². The van der Waals surface area contributed by atoms with Gasteiger partial charge in [-0.1, -0.05) is 30.9 Å². The number of thioether (sulfide) groups is 1. The van der Waals surface area contributed by atoms with Crippen LogP contribution in [0.25, 0.3) is 0 Å². The molecule has 0 aromatic carbocycles. The first-order valence-electron chi connectivity index (χ1n) is 2.88. The summed E-state index contributed by atoms with van der Waals surface area (Å²) in [5.74, 6) is 2.10. The average Bonchev–Trinajstić information content (AvgIpc) is 1.82. The van der Waals surface area contributed by atoms with Crippen molar-refractivity contribution < 1.29 is 0 Å². The standard InChI is InChI=1S/C6H12NS2/c1-4-5-9-6(8)7(2)3/h5H,4H2,1-3H3. The first-order chi connectivity index (χ1) is 4.18. The number of nitrogens with zero attached hydrogens (tertiary/aromatic N) is 1. The van der Waals surface area contributed by atoms with Gasteiger partial charge in [-0.2, -0.15) is 0 Å². The van der Waals surface area contributed by atoms with Crippen LogP contribution in [0, 0.1) is 5.75 Å². The normalized spacial score (nSPS) is 9.22. The van der Waals surface area contributed by atoms with Crippen LogP contribution in [-0.4, -0.2) is 23.3 Å². The molecule has 1 nitrogen and oxygen atoms in total. The molecular weight excluding hydrogens is 150 g/mol. The van der Waals surface area contributed by atoms with Crippen molar-refractivity contribution in [3.63, 3.8) is 0 Å². The van der Waals surface area contributed by atoms with E-state index in [1.807, 2.05) is 19.0 Å². The van der Waals surface area contributed by atoms with E-state index in [2.05, 4.69) is 12.7 Å². The van der Waals surface area contributed by atoms with Crippen molar-refractivity contribution in [2.75, 3.05) is 14.1 Å². The molecule has 0 saturated carbocycles.